The number of amidine groups is 1. The molecule has 0 bridgehead atoms. The van der Waals surface area contributed by atoms with E-state index in [1.807, 2.05) is 27.7 Å². The number of sulfonamides is 1. The highest BCUT2D eigenvalue weighted by molar-refractivity contribution is 8.93. The number of hydrogen-bond donors (Lipinski definition) is 3. The molecule has 1 aliphatic heterocycles. The summed E-state index contributed by atoms with van der Waals surface area (Å²) in [6.07, 6.45) is 1.08. The van der Waals surface area contributed by atoms with Crippen molar-refractivity contribution in [2.24, 2.45) is 0 Å². The van der Waals surface area contributed by atoms with Crippen LogP contribution in [0.25, 0.3) is 0 Å². The first-order chi connectivity index (χ1) is 16.2. The molecule has 1 heterocycles. The van der Waals surface area contributed by atoms with Crippen molar-refractivity contribution in [2.45, 2.75) is 39.7 Å². The number of halogens is 1. The van der Waals surface area contributed by atoms with Crippen molar-refractivity contribution in [3.8, 4) is 5.75 Å². The van der Waals surface area contributed by atoms with Gasteiger partial charge >= 0.3 is 0 Å². The summed E-state index contributed by atoms with van der Waals surface area (Å²) < 4.78 is 31.7. The number of anilines is 1. The van der Waals surface area contributed by atoms with Gasteiger partial charge in [-0.3, -0.25) is 19.7 Å². The molecule has 0 saturated carbocycles. The van der Waals surface area contributed by atoms with Crippen LogP contribution >= 0.6 is 17.0 Å². The van der Waals surface area contributed by atoms with Crippen molar-refractivity contribution < 1.29 is 22.7 Å². The molecule has 2 aromatic carbocycles. The Morgan fingerprint density at radius 1 is 1.17 bits per heavy atom. The Morgan fingerprint density at radius 3 is 2.39 bits per heavy atom. The number of hydrogen-bond acceptors (Lipinski definition) is 6. The van der Waals surface area contributed by atoms with Gasteiger partial charge in [0.25, 0.3) is 5.91 Å². The van der Waals surface area contributed by atoms with E-state index in [9.17, 15) is 18.0 Å². The Balaban J connectivity index is 0.00000456. The van der Waals surface area contributed by atoms with Crippen LogP contribution in [0, 0.1) is 5.41 Å². The van der Waals surface area contributed by atoms with Gasteiger partial charge in [0.15, 0.2) is 5.78 Å². The second-order valence-corrected chi connectivity index (χ2v) is 11.3. The van der Waals surface area contributed by atoms with E-state index >= 15 is 0 Å². The fraction of sp³-hybridized carbons (Fsp3) is 0.400. The molecule has 1 aliphatic rings. The van der Waals surface area contributed by atoms with Gasteiger partial charge in [-0.15, -0.1) is 17.0 Å². The number of rotatable bonds is 8. The van der Waals surface area contributed by atoms with E-state index in [0.717, 1.165) is 11.8 Å². The molecule has 0 fully saturated rings. The minimum absolute atomic E-state index is 0. The third-order valence-corrected chi connectivity index (χ3v) is 6.28. The van der Waals surface area contributed by atoms with Gasteiger partial charge in [-0.25, -0.2) is 8.42 Å². The average Bonchev–Trinajstić information content (AvgIpc) is 3.05. The molecule has 0 aromatic heterocycles. The van der Waals surface area contributed by atoms with Crippen LogP contribution < -0.4 is 14.8 Å². The number of Topliss-reactive ketones (excluding diaryl/α,β-unsaturated/α-hetero) is 1. The molecule has 0 saturated heterocycles. The summed E-state index contributed by atoms with van der Waals surface area (Å²) in [5.41, 5.74) is 2.89. The molecule has 0 atom stereocenters. The smallest absolute Gasteiger partial charge is 0.254 e. The Bertz CT molecular complexity index is 1300. The summed E-state index contributed by atoms with van der Waals surface area (Å²) in [7, 11) is -1.95. The lowest BCUT2D eigenvalue weighted by Crippen LogP contribution is -2.30. The highest BCUT2D eigenvalue weighted by Crippen LogP contribution is 2.33. The zero-order valence-electron chi connectivity index (χ0n) is 21.3. The molecule has 0 unspecified atom stereocenters. The topological polar surface area (TPSA) is 129 Å². The van der Waals surface area contributed by atoms with Crippen LogP contribution in [0.5, 0.6) is 5.75 Å². The summed E-state index contributed by atoms with van der Waals surface area (Å²) in [5, 5.41) is 11.2. The maximum atomic E-state index is 13.2. The maximum Gasteiger partial charge on any atom is 0.254 e. The number of fused-ring (bicyclic) bond motifs is 1. The van der Waals surface area contributed by atoms with Crippen LogP contribution in [0.3, 0.4) is 0 Å². The third kappa shape index (κ3) is 6.44. The average molecular weight is 582 g/mol. The van der Waals surface area contributed by atoms with E-state index in [4.69, 9.17) is 10.1 Å². The minimum atomic E-state index is -3.48. The number of ketones is 1. The Morgan fingerprint density at radius 2 is 1.83 bits per heavy atom. The van der Waals surface area contributed by atoms with Gasteiger partial charge < -0.3 is 15.0 Å². The van der Waals surface area contributed by atoms with Crippen molar-refractivity contribution in [3.63, 3.8) is 0 Å². The minimum Gasteiger partial charge on any atom is -0.493 e. The molecule has 9 nitrogen and oxygen atoms in total. The summed E-state index contributed by atoms with van der Waals surface area (Å²) in [6, 6.07) is 8.29. The van der Waals surface area contributed by atoms with Gasteiger partial charge in [-0.2, -0.15) is 0 Å². The van der Waals surface area contributed by atoms with E-state index in [2.05, 4.69) is 10.0 Å². The zero-order valence-corrected chi connectivity index (χ0v) is 23.8. The second-order valence-electron chi connectivity index (χ2n) is 9.53. The van der Waals surface area contributed by atoms with Gasteiger partial charge in [-0.1, -0.05) is 20.8 Å². The SMILES string of the molecule is Br.CCOc1cc2c(cc1C(=O)NC)C(=N)N(CC(=O)c1ccc(NS(C)(=O)=O)c(C(C)(C)C)c1)C2. The molecule has 11 heteroatoms. The summed E-state index contributed by atoms with van der Waals surface area (Å²) >= 11 is 0. The highest BCUT2D eigenvalue weighted by Gasteiger charge is 2.30. The maximum absolute atomic E-state index is 13.2. The number of nitrogens with zero attached hydrogens (tertiary/aromatic N) is 1. The first kappa shape index (κ1) is 29.3. The lowest BCUT2D eigenvalue weighted by atomic mass is 9.84. The van der Waals surface area contributed by atoms with E-state index in [0.29, 0.717) is 46.8 Å². The molecule has 1 amide bonds. The molecule has 36 heavy (non-hydrogen) atoms. The largest absolute Gasteiger partial charge is 0.493 e. The van der Waals surface area contributed by atoms with Crippen molar-refractivity contribution in [2.75, 3.05) is 31.2 Å². The predicted octanol–water partition coefficient (Wildman–Crippen LogP) is 3.72. The van der Waals surface area contributed by atoms with Crippen LogP contribution in [-0.4, -0.2) is 57.3 Å². The molecule has 0 radical (unpaired) electrons. The van der Waals surface area contributed by atoms with E-state index in [-0.39, 0.29) is 41.1 Å². The molecule has 3 rings (SSSR count). The number of amides is 1. The number of carbonyl (C=O) groups is 2. The predicted molar refractivity (Wildman–Crippen MR) is 147 cm³/mol. The Kier molecular flexibility index (Phi) is 8.96. The lowest BCUT2D eigenvalue weighted by Gasteiger charge is -2.24. The summed E-state index contributed by atoms with van der Waals surface area (Å²) in [6.45, 7) is 8.35. The van der Waals surface area contributed by atoms with Gasteiger partial charge in [0.1, 0.15) is 11.6 Å². The van der Waals surface area contributed by atoms with E-state index in [1.54, 1.807) is 35.2 Å². The highest BCUT2D eigenvalue weighted by atomic mass is 79.9. The van der Waals surface area contributed by atoms with E-state index in [1.165, 1.54) is 7.05 Å². The van der Waals surface area contributed by atoms with Gasteiger partial charge in [0, 0.05) is 24.7 Å². The van der Waals surface area contributed by atoms with Crippen LogP contribution in [0.15, 0.2) is 30.3 Å². The van der Waals surface area contributed by atoms with Crippen molar-refractivity contribution in [3.05, 3.63) is 58.1 Å². The Hall–Kier alpha value is -2.92. The Labute approximate surface area is 222 Å². The normalized spacial score (nSPS) is 13.1. The third-order valence-electron chi connectivity index (χ3n) is 5.69. The zero-order chi connectivity index (χ0) is 26.1. The van der Waals surface area contributed by atoms with Crippen molar-refractivity contribution in [1.29, 1.82) is 5.41 Å². The fourth-order valence-corrected chi connectivity index (χ4v) is 4.62. The molecule has 0 aliphatic carbocycles. The second kappa shape index (κ2) is 11.0. The summed E-state index contributed by atoms with van der Waals surface area (Å²) in [5.74, 6) is 0.0925. The van der Waals surface area contributed by atoms with Crippen molar-refractivity contribution in [1.82, 2.24) is 10.2 Å². The van der Waals surface area contributed by atoms with Crippen LogP contribution in [0.1, 0.15) is 65.1 Å². The molecular weight excluding hydrogens is 548 g/mol. The standard InChI is InChI=1S/C25H32N4O5S.BrH/c1-7-34-22-11-16-13-29(23(26)17(16)12-18(22)24(31)27-5)14-21(30)15-8-9-20(28-35(6,32)33)19(10-15)25(2,3)4;/h8-12,26,28H,7,13-14H2,1-6H3,(H,27,31);1H. The molecule has 196 valence electrons. The number of nitrogens with one attached hydrogen (secondary N) is 3. The van der Waals surface area contributed by atoms with Crippen LogP contribution in [-0.2, 0) is 22.0 Å². The summed E-state index contributed by atoms with van der Waals surface area (Å²) in [4.78, 5) is 27.2. The van der Waals surface area contributed by atoms with Gasteiger partial charge in [-0.05, 0) is 53.8 Å². The fourth-order valence-electron chi connectivity index (χ4n) is 4.04. The molecule has 2 aromatic rings. The number of ether oxygens (including phenoxy) is 1. The van der Waals surface area contributed by atoms with Crippen LogP contribution in [0.2, 0.25) is 0 Å². The van der Waals surface area contributed by atoms with Gasteiger partial charge in [0.2, 0.25) is 10.0 Å². The van der Waals surface area contributed by atoms with Crippen molar-refractivity contribution >= 4 is 50.2 Å². The van der Waals surface area contributed by atoms with Crippen LogP contribution in [0.4, 0.5) is 5.69 Å². The molecular formula is C25H33BrN4O5S. The van der Waals surface area contributed by atoms with E-state index < -0.39 is 15.4 Å². The lowest BCUT2D eigenvalue weighted by molar-refractivity contribution is 0.0953. The monoisotopic (exact) mass is 580 g/mol. The number of carbonyl (C=O) groups excluding carboxylic acids is 2. The first-order valence-corrected chi connectivity index (χ1v) is 13.2. The molecule has 3 N–H and O–H groups in total. The number of benzene rings is 2. The molecule has 0 spiro atoms. The van der Waals surface area contributed by atoms with Gasteiger partial charge in [0.05, 0.1) is 30.7 Å². The first-order valence-electron chi connectivity index (χ1n) is 11.3. The quantitative estimate of drug-likeness (QED) is 0.408.